The molecule has 0 fully saturated rings. The van der Waals surface area contributed by atoms with Gasteiger partial charge in [0.05, 0.1) is 5.56 Å². The highest BCUT2D eigenvalue weighted by Crippen LogP contribution is 2.21. The Bertz CT molecular complexity index is 612. The molecule has 2 aromatic rings. The van der Waals surface area contributed by atoms with Gasteiger partial charge in [-0.2, -0.15) is 8.78 Å². The number of para-hydroxylation sites is 1. The molecule has 110 valence electrons. The molecule has 0 saturated carbocycles. The van der Waals surface area contributed by atoms with E-state index in [1.807, 2.05) is 19.1 Å². The van der Waals surface area contributed by atoms with E-state index in [1.165, 1.54) is 18.2 Å². The molecule has 2 aromatic carbocycles. The van der Waals surface area contributed by atoms with E-state index in [1.54, 1.807) is 18.2 Å². The van der Waals surface area contributed by atoms with E-state index < -0.39 is 12.5 Å². The average molecular weight is 291 g/mol. The predicted octanol–water partition coefficient (Wildman–Crippen LogP) is 4.10. The van der Waals surface area contributed by atoms with Gasteiger partial charge in [-0.1, -0.05) is 31.2 Å². The summed E-state index contributed by atoms with van der Waals surface area (Å²) < 4.78 is 29.0. The van der Waals surface area contributed by atoms with Crippen molar-refractivity contribution in [3.05, 3.63) is 59.7 Å². The molecule has 3 nitrogen and oxygen atoms in total. The molecule has 5 heteroatoms. The predicted molar refractivity (Wildman–Crippen MR) is 76.8 cm³/mol. The number of carbonyl (C=O) groups excluding carboxylic acids is 1. The first-order valence-electron chi connectivity index (χ1n) is 6.54. The van der Waals surface area contributed by atoms with Crippen LogP contribution in [0.15, 0.2) is 48.5 Å². The van der Waals surface area contributed by atoms with Crippen LogP contribution in [0.4, 0.5) is 14.5 Å². The summed E-state index contributed by atoms with van der Waals surface area (Å²) in [5.41, 5.74) is 1.82. The Hall–Kier alpha value is -2.43. The number of amides is 1. The van der Waals surface area contributed by atoms with Crippen LogP contribution < -0.4 is 10.1 Å². The van der Waals surface area contributed by atoms with Crippen molar-refractivity contribution in [3.8, 4) is 5.75 Å². The van der Waals surface area contributed by atoms with Crippen LogP contribution >= 0.6 is 0 Å². The highest BCUT2D eigenvalue weighted by atomic mass is 19.3. The maximum absolute atomic E-state index is 12.3. The molecule has 0 radical (unpaired) electrons. The van der Waals surface area contributed by atoms with Crippen LogP contribution in [0, 0.1) is 0 Å². The number of halogens is 2. The lowest BCUT2D eigenvalue weighted by Crippen LogP contribution is -2.14. The third kappa shape index (κ3) is 4.02. The number of benzene rings is 2. The molecule has 21 heavy (non-hydrogen) atoms. The molecule has 0 atom stereocenters. The van der Waals surface area contributed by atoms with Gasteiger partial charge in [-0.15, -0.1) is 0 Å². The van der Waals surface area contributed by atoms with Gasteiger partial charge in [0.2, 0.25) is 0 Å². The lowest BCUT2D eigenvalue weighted by atomic mass is 10.1. The van der Waals surface area contributed by atoms with Gasteiger partial charge in [0.25, 0.3) is 5.91 Å². The third-order valence-electron chi connectivity index (χ3n) is 2.97. The Morgan fingerprint density at radius 3 is 2.43 bits per heavy atom. The number of rotatable bonds is 5. The van der Waals surface area contributed by atoms with Gasteiger partial charge in [0.1, 0.15) is 5.75 Å². The van der Waals surface area contributed by atoms with Crippen LogP contribution in [0.1, 0.15) is 22.8 Å². The highest BCUT2D eigenvalue weighted by molar-refractivity contribution is 6.06. The van der Waals surface area contributed by atoms with Gasteiger partial charge in [0.15, 0.2) is 0 Å². The van der Waals surface area contributed by atoms with Crippen molar-refractivity contribution in [3.63, 3.8) is 0 Å². The molecule has 0 bridgehead atoms. The summed E-state index contributed by atoms with van der Waals surface area (Å²) in [5, 5.41) is 2.66. The monoisotopic (exact) mass is 291 g/mol. The van der Waals surface area contributed by atoms with Crippen molar-refractivity contribution in [1.82, 2.24) is 0 Å². The van der Waals surface area contributed by atoms with Gasteiger partial charge in [-0.25, -0.2) is 0 Å². The summed E-state index contributed by atoms with van der Waals surface area (Å²) in [5.74, 6) is -0.634. The van der Waals surface area contributed by atoms with Gasteiger partial charge in [-0.05, 0) is 36.2 Å². The fourth-order valence-electron chi connectivity index (χ4n) is 1.88. The molecular weight excluding hydrogens is 276 g/mol. The molecule has 1 N–H and O–H groups in total. The fraction of sp³-hybridized carbons (Fsp3) is 0.188. The van der Waals surface area contributed by atoms with Crippen molar-refractivity contribution >= 4 is 11.6 Å². The van der Waals surface area contributed by atoms with E-state index in [2.05, 4.69) is 10.1 Å². The number of alkyl halides is 2. The first-order valence-corrected chi connectivity index (χ1v) is 6.54. The van der Waals surface area contributed by atoms with E-state index in [0.29, 0.717) is 5.69 Å². The van der Waals surface area contributed by atoms with Crippen LogP contribution in [0.25, 0.3) is 0 Å². The first-order chi connectivity index (χ1) is 10.1. The molecule has 0 aromatic heterocycles. The second-order valence-corrected chi connectivity index (χ2v) is 4.38. The summed E-state index contributed by atoms with van der Waals surface area (Å²) in [6.45, 7) is -0.936. The summed E-state index contributed by atoms with van der Waals surface area (Å²) in [4.78, 5) is 12.1. The van der Waals surface area contributed by atoms with E-state index in [-0.39, 0.29) is 11.3 Å². The van der Waals surface area contributed by atoms with E-state index >= 15 is 0 Å². The van der Waals surface area contributed by atoms with E-state index in [4.69, 9.17) is 0 Å². The number of anilines is 1. The molecule has 0 unspecified atom stereocenters. The van der Waals surface area contributed by atoms with Crippen LogP contribution in [0.3, 0.4) is 0 Å². The van der Waals surface area contributed by atoms with Crippen molar-refractivity contribution in [2.24, 2.45) is 0 Å². The number of hydrogen-bond acceptors (Lipinski definition) is 2. The summed E-state index contributed by atoms with van der Waals surface area (Å²) >= 11 is 0. The topological polar surface area (TPSA) is 38.3 Å². The number of aryl methyl sites for hydroxylation is 1. The van der Waals surface area contributed by atoms with E-state index in [0.717, 1.165) is 12.0 Å². The quantitative estimate of drug-likeness (QED) is 0.900. The second-order valence-electron chi connectivity index (χ2n) is 4.38. The lowest BCUT2D eigenvalue weighted by molar-refractivity contribution is -0.0501. The van der Waals surface area contributed by atoms with Crippen LogP contribution in [-0.4, -0.2) is 12.5 Å². The van der Waals surface area contributed by atoms with Crippen molar-refractivity contribution in [1.29, 1.82) is 0 Å². The zero-order valence-electron chi connectivity index (χ0n) is 11.5. The minimum Gasteiger partial charge on any atom is -0.434 e. The summed E-state index contributed by atoms with van der Waals surface area (Å²) in [6.07, 6.45) is 0.902. The standard InChI is InChI=1S/C16H15F2NO2/c1-2-11-7-9-12(10-8-11)19-15(20)13-5-3-4-6-14(13)21-16(17)18/h3-10,16H,2H2,1H3,(H,19,20). The number of ether oxygens (including phenoxy) is 1. The zero-order valence-corrected chi connectivity index (χ0v) is 11.5. The Labute approximate surface area is 121 Å². The second kappa shape index (κ2) is 6.83. The van der Waals surface area contributed by atoms with Crippen molar-refractivity contribution in [2.75, 3.05) is 5.32 Å². The first kappa shape index (κ1) is 15.0. The maximum Gasteiger partial charge on any atom is 0.387 e. The van der Waals surface area contributed by atoms with Gasteiger partial charge in [-0.3, -0.25) is 4.79 Å². The minimum absolute atomic E-state index is 0.0670. The van der Waals surface area contributed by atoms with Crippen LogP contribution in [0.2, 0.25) is 0 Å². The number of nitrogens with one attached hydrogen (secondary N) is 1. The smallest absolute Gasteiger partial charge is 0.387 e. The minimum atomic E-state index is -2.97. The Morgan fingerprint density at radius 2 is 1.81 bits per heavy atom. The number of carbonyl (C=O) groups is 1. The molecule has 0 heterocycles. The highest BCUT2D eigenvalue weighted by Gasteiger charge is 2.15. The molecule has 1 amide bonds. The molecule has 0 aliphatic heterocycles. The Morgan fingerprint density at radius 1 is 1.14 bits per heavy atom. The Balaban J connectivity index is 2.16. The van der Waals surface area contributed by atoms with Crippen LogP contribution in [0.5, 0.6) is 5.75 Å². The molecule has 0 spiro atoms. The van der Waals surface area contributed by atoms with Gasteiger partial charge < -0.3 is 10.1 Å². The van der Waals surface area contributed by atoms with E-state index in [9.17, 15) is 13.6 Å². The lowest BCUT2D eigenvalue weighted by Gasteiger charge is -2.11. The molecule has 0 aliphatic rings. The van der Waals surface area contributed by atoms with Gasteiger partial charge in [0, 0.05) is 5.69 Å². The average Bonchev–Trinajstić information content (AvgIpc) is 2.48. The van der Waals surface area contributed by atoms with Crippen LogP contribution in [-0.2, 0) is 6.42 Å². The summed E-state index contributed by atoms with van der Waals surface area (Å²) in [7, 11) is 0. The molecule has 0 saturated heterocycles. The SMILES string of the molecule is CCc1ccc(NC(=O)c2ccccc2OC(F)F)cc1. The van der Waals surface area contributed by atoms with Crippen molar-refractivity contribution < 1.29 is 18.3 Å². The fourth-order valence-corrected chi connectivity index (χ4v) is 1.88. The van der Waals surface area contributed by atoms with Gasteiger partial charge >= 0.3 is 6.61 Å². The maximum atomic E-state index is 12.3. The molecule has 2 rings (SSSR count). The third-order valence-corrected chi connectivity index (χ3v) is 2.97. The normalized spacial score (nSPS) is 10.5. The molecular formula is C16H15F2NO2. The van der Waals surface area contributed by atoms with Crippen molar-refractivity contribution in [2.45, 2.75) is 20.0 Å². The largest absolute Gasteiger partial charge is 0.434 e. The Kier molecular flexibility index (Phi) is 4.87. The zero-order chi connectivity index (χ0) is 15.2. The molecule has 0 aliphatic carbocycles. The summed E-state index contributed by atoms with van der Waals surface area (Å²) in [6, 6.07) is 13.2. The number of hydrogen-bond donors (Lipinski definition) is 1.